The van der Waals surface area contributed by atoms with Gasteiger partial charge in [0.1, 0.15) is 11.4 Å². The molecule has 3 nitrogen and oxygen atoms in total. The molecule has 0 aliphatic rings. The Balaban J connectivity index is 3.34. The molecule has 0 aromatic carbocycles. The number of ether oxygens (including phenoxy) is 1. The van der Waals surface area contributed by atoms with Crippen molar-refractivity contribution in [1.82, 2.24) is 4.98 Å². The van der Waals surface area contributed by atoms with Crippen molar-refractivity contribution in [1.29, 1.82) is 0 Å². The summed E-state index contributed by atoms with van der Waals surface area (Å²) in [6, 6.07) is 1.35. The van der Waals surface area contributed by atoms with Gasteiger partial charge in [-0.2, -0.15) is 0 Å². The molecule has 0 aliphatic carbocycles. The molecule has 1 aromatic heterocycles. The fraction of sp³-hybridized carbons (Fsp3) is 0.333. The standard InChI is InChI=1S/C9H7ClF2INO2/c1-16-9(15)5-2-4(3-10)6(13)7(14-5)8(11)12/h2,8H,3H2,1H3. The molecule has 16 heavy (non-hydrogen) atoms. The number of carbonyl (C=O) groups is 1. The molecule has 0 unspecified atom stereocenters. The maximum absolute atomic E-state index is 12.6. The number of hydrogen-bond donors (Lipinski definition) is 0. The van der Waals surface area contributed by atoms with Crippen LogP contribution < -0.4 is 0 Å². The van der Waals surface area contributed by atoms with Gasteiger partial charge in [0, 0.05) is 9.45 Å². The molecule has 0 fully saturated rings. The number of alkyl halides is 3. The van der Waals surface area contributed by atoms with Gasteiger partial charge in [0.25, 0.3) is 6.43 Å². The minimum atomic E-state index is -2.75. The Labute approximate surface area is 109 Å². The Kier molecular flexibility index (Phi) is 4.85. The molecule has 0 N–H and O–H groups in total. The summed E-state index contributed by atoms with van der Waals surface area (Å²) >= 11 is 7.33. The lowest BCUT2D eigenvalue weighted by molar-refractivity contribution is 0.0592. The summed E-state index contributed by atoms with van der Waals surface area (Å²) in [5.41, 5.74) is -0.166. The molecule has 0 saturated carbocycles. The number of pyridine rings is 1. The fourth-order valence-corrected chi connectivity index (χ4v) is 2.19. The van der Waals surface area contributed by atoms with E-state index >= 15 is 0 Å². The molecule has 0 bridgehead atoms. The minimum Gasteiger partial charge on any atom is -0.464 e. The molecule has 88 valence electrons. The number of methoxy groups -OCH3 is 1. The summed E-state index contributed by atoms with van der Waals surface area (Å²) in [7, 11) is 1.16. The van der Waals surface area contributed by atoms with Gasteiger partial charge >= 0.3 is 5.97 Å². The van der Waals surface area contributed by atoms with Crippen LogP contribution in [0.3, 0.4) is 0 Å². The van der Waals surface area contributed by atoms with Gasteiger partial charge in [0.2, 0.25) is 0 Å². The highest BCUT2D eigenvalue weighted by molar-refractivity contribution is 14.1. The van der Waals surface area contributed by atoms with Crippen molar-refractivity contribution < 1.29 is 18.3 Å². The van der Waals surface area contributed by atoms with E-state index in [1.165, 1.54) is 6.07 Å². The lowest BCUT2D eigenvalue weighted by atomic mass is 10.2. The van der Waals surface area contributed by atoms with Crippen molar-refractivity contribution in [2.75, 3.05) is 7.11 Å². The van der Waals surface area contributed by atoms with Crippen molar-refractivity contribution in [2.45, 2.75) is 12.3 Å². The monoisotopic (exact) mass is 361 g/mol. The highest BCUT2D eigenvalue weighted by Gasteiger charge is 2.20. The first kappa shape index (κ1) is 13.6. The van der Waals surface area contributed by atoms with Gasteiger partial charge < -0.3 is 4.74 Å². The molecule has 0 radical (unpaired) electrons. The second kappa shape index (κ2) is 5.72. The van der Waals surface area contributed by atoms with E-state index in [1.54, 1.807) is 22.6 Å². The summed E-state index contributed by atoms with van der Waals surface area (Å²) in [6.45, 7) is 0. The molecule has 0 saturated heterocycles. The predicted octanol–water partition coefficient (Wildman–Crippen LogP) is 3.15. The molecule has 0 aliphatic heterocycles. The average Bonchev–Trinajstić information content (AvgIpc) is 2.27. The van der Waals surface area contributed by atoms with Crippen molar-refractivity contribution >= 4 is 40.2 Å². The van der Waals surface area contributed by atoms with Gasteiger partial charge in [0.05, 0.1) is 7.11 Å². The number of aromatic nitrogens is 1. The molecule has 1 rings (SSSR count). The fourth-order valence-electron chi connectivity index (χ4n) is 1.05. The smallest absolute Gasteiger partial charge is 0.356 e. The lowest BCUT2D eigenvalue weighted by Gasteiger charge is -2.09. The van der Waals surface area contributed by atoms with E-state index in [9.17, 15) is 13.6 Å². The average molecular weight is 362 g/mol. The van der Waals surface area contributed by atoms with E-state index in [-0.39, 0.29) is 15.1 Å². The maximum Gasteiger partial charge on any atom is 0.356 e. The lowest BCUT2D eigenvalue weighted by Crippen LogP contribution is -2.09. The quantitative estimate of drug-likeness (QED) is 0.472. The van der Waals surface area contributed by atoms with Crippen molar-refractivity contribution in [2.24, 2.45) is 0 Å². The maximum atomic E-state index is 12.6. The molecular formula is C9H7ClF2INO2. The zero-order chi connectivity index (χ0) is 12.3. The Bertz CT molecular complexity index is 415. The largest absolute Gasteiger partial charge is 0.464 e. The van der Waals surface area contributed by atoms with E-state index in [1.807, 2.05) is 0 Å². The van der Waals surface area contributed by atoms with Crippen LogP contribution >= 0.6 is 34.2 Å². The van der Waals surface area contributed by atoms with Crippen LogP contribution in [0, 0.1) is 3.57 Å². The zero-order valence-electron chi connectivity index (χ0n) is 8.14. The first-order chi connectivity index (χ1) is 7.51. The molecule has 0 amide bonds. The Morgan fingerprint density at radius 1 is 1.69 bits per heavy atom. The van der Waals surface area contributed by atoms with E-state index in [2.05, 4.69) is 9.72 Å². The number of esters is 1. The van der Waals surface area contributed by atoms with E-state index in [0.717, 1.165) is 7.11 Å². The van der Waals surface area contributed by atoms with Crippen LogP contribution in [0.15, 0.2) is 6.07 Å². The van der Waals surface area contributed by atoms with Crippen LogP contribution in [0.1, 0.15) is 28.2 Å². The summed E-state index contributed by atoms with van der Waals surface area (Å²) in [4.78, 5) is 14.8. The van der Waals surface area contributed by atoms with E-state index < -0.39 is 18.1 Å². The normalized spacial score (nSPS) is 10.6. The summed E-state index contributed by atoms with van der Waals surface area (Å²) in [5.74, 6) is -0.727. The third kappa shape index (κ3) is 2.79. The number of nitrogens with zero attached hydrogens (tertiary/aromatic N) is 1. The van der Waals surface area contributed by atoms with Crippen molar-refractivity contribution in [3.8, 4) is 0 Å². The Hall–Kier alpha value is -0.500. The summed E-state index contributed by atoms with van der Waals surface area (Å²) in [5, 5.41) is 0. The topological polar surface area (TPSA) is 39.2 Å². The molecule has 1 heterocycles. The number of halogens is 4. The Morgan fingerprint density at radius 2 is 2.31 bits per heavy atom. The number of hydrogen-bond acceptors (Lipinski definition) is 3. The van der Waals surface area contributed by atoms with E-state index in [0.29, 0.717) is 5.56 Å². The van der Waals surface area contributed by atoms with Crippen LogP contribution in [-0.2, 0) is 10.6 Å². The van der Waals surface area contributed by atoms with Crippen molar-refractivity contribution in [3.63, 3.8) is 0 Å². The van der Waals surface area contributed by atoms with Gasteiger partial charge in [-0.1, -0.05) is 0 Å². The van der Waals surface area contributed by atoms with Gasteiger partial charge in [-0.3, -0.25) is 0 Å². The third-order valence-electron chi connectivity index (χ3n) is 1.80. The number of rotatable bonds is 3. The van der Waals surface area contributed by atoms with Crippen LogP contribution in [0.5, 0.6) is 0 Å². The van der Waals surface area contributed by atoms with Crippen LogP contribution in [-0.4, -0.2) is 18.1 Å². The van der Waals surface area contributed by atoms with Gasteiger partial charge in [-0.05, 0) is 34.2 Å². The summed E-state index contributed by atoms with van der Waals surface area (Å²) in [6.07, 6.45) is -2.75. The van der Waals surface area contributed by atoms with Crippen LogP contribution in [0.2, 0.25) is 0 Å². The highest BCUT2D eigenvalue weighted by atomic mass is 127. The second-order valence-corrected chi connectivity index (χ2v) is 4.14. The predicted molar refractivity (Wildman–Crippen MR) is 62.8 cm³/mol. The molecule has 7 heteroatoms. The molecular weight excluding hydrogens is 354 g/mol. The minimum absolute atomic E-state index is 0.0322. The SMILES string of the molecule is COC(=O)c1cc(CCl)c(I)c(C(F)F)n1. The first-order valence-electron chi connectivity index (χ1n) is 4.13. The van der Waals surface area contributed by atoms with Gasteiger partial charge in [-0.15, -0.1) is 11.6 Å². The van der Waals surface area contributed by atoms with Gasteiger partial charge in [-0.25, -0.2) is 18.6 Å². The molecule has 0 atom stereocenters. The zero-order valence-corrected chi connectivity index (χ0v) is 11.1. The summed E-state index contributed by atoms with van der Waals surface area (Å²) < 4.78 is 30.0. The van der Waals surface area contributed by atoms with Crippen LogP contribution in [0.25, 0.3) is 0 Å². The number of carbonyl (C=O) groups excluding carboxylic acids is 1. The molecule has 0 spiro atoms. The first-order valence-corrected chi connectivity index (χ1v) is 5.74. The van der Waals surface area contributed by atoms with Crippen molar-refractivity contribution in [3.05, 3.63) is 26.6 Å². The third-order valence-corrected chi connectivity index (χ3v) is 3.34. The Morgan fingerprint density at radius 3 is 2.75 bits per heavy atom. The molecule has 1 aromatic rings. The second-order valence-electron chi connectivity index (χ2n) is 2.79. The highest BCUT2D eigenvalue weighted by Crippen LogP contribution is 2.27. The van der Waals surface area contributed by atoms with E-state index in [4.69, 9.17) is 11.6 Å². The van der Waals surface area contributed by atoms with Crippen LogP contribution in [0.4, 0.5) is 8.78 Å². The van der Waals surface area contributed by atoms with Gasteiger partial charge in [0.15, 0.2) is 0 Å².